The monoisotopic (exact) mass is 356 g/mol. The number of piperidine rings is 1. The number of hydrogen-bond donors (Lipinski definition) is 2. The van der Waals surface area contributed by atoms with Gasteiger partial charge in [0.05, 0.1) is 0 Å². The van der Waals surface area contributed by atoms with Crippen molar-refractivity contribution >= 4 is 17.6 Å². The van der Waals surface area contributed by atoms with Crippen LogP contribution in [0.15, 0.2) is 36.5 Å². The summed E-state index contributed by atoms with van der Waals surface area (Å²) in [7, 11) is 0. The molecular formula is C19H24N4O3. The molecule has 1 aliphatic rings. The number of carboxylic acid groups (broad SMARTS) is 1. The van der Waals surface area contributed by atoms with Crippen LogP contribution in [0.4, 0.5) is 5.69 Å². The average molecular weight is 356 g/mol. The number of carbonyl (C=O) groups is 2. The zero-order valence-electron chi connectivity index (χ0n) is 14.9. The molecule has 2 heterocycles. The molecule has 3 rings (SSSR count). The lowest BCUT2D eigenvalue weighted by Crippen LogP contribution is -2.29. The van der Waals surface area contributed by atoms with Crippen LogP contribution in [0.25, 0.3) is 0 Å². The van der Waals surface area contributed by atoms with E-state index in [9.17, 15) is 9.59 Å². The summed E-state index contributed by atoms with van der Waals surface area (Å²) in [6.45, 7) is 4.92. The average Bonchev–Trinajstić information content (AvgIpc) is 3.14. The van der Waals surface area contributed by atoms with Crippen LogP contribution in [-0.4, -0.2) is 44.8 Å². The maximum absolute atomic E-state index is 12.4. The quantitative estimate of drug-likeness (QED) is 0.831. The molecule has 1 amide bonds. The van der Waals surface area contributed by atoms with Crippen molar-refractivity contribution in [1.82, 2.24) is 14.7 Å². The van der Waals surface area contributed by atoms with Crippen molar-refractivity contribution in [2.45, 2.75) is 38.8 Å². The van der Waals surface area contributed by atoms with E-state index >= 15 is 0 Å². The summed E-state index contributed by atoms with van der Waals surface area (Å²) in [4.78, 5) is 25.7. The molecule has 1 aromatic carbocycles. The summed E-state index contributed by atoms with van der Waals surface area (Å²) < 4.78 is 1.35. The number of anilines is 1. The Morgan fingerprint density at radius 1 is 1.15 bits per heavy atom. The van der Waals surface area contributed by atoms with Gasteiger partial charge in [-0.05, 0) is 56.6 Å². The van der Waals surface area contributed by atoms with Gasteiger partial charge in [0, 0.05) is 18.4 Å². The minimum Gasteiger partial charge on any atom is -0.476 e. The molecule has 0 spiro atoms. The van der Waals surface area contributed by atoms with Crippen molar-refractivity contribution in [3.8, 4) is 0 Å². The molecule has 2 N–H and O–H groups in total. The number of hydrogen-bond acceptors (Lipinski definition) is 4. The minimum atomic E-state index is -1.11. The SMILES string of the molecule is CC(C(=O)Nc1ccc(CN2CCCCC2)cc1)n1ccc(C(=O)O)n1. The number of rotatable bonds is 6. The first-order valence-corrected chi connectivity index (χ1v) is 8.93. The predicted molar refractivity (Wildman–Crippen MR) is 98.1 cm³/mol. The third kappa shape index (κ3) is 4.49. The fraction of sp³-hybridized carbons (Fsp3) is 0.421. The minimum absolute atomic E-state index is 0.0771. The molecule has 1 atom stereocenters. The second-order valence-corrected chi connectivity index (χ2v) is 6.69. The van der Waals surface area contributed by atoms with E-state index in [4.69, 9.17) is 5.11 Å². The highest BCUT2D eigenvalue weighted by Crippen LogP contribution is 2.16. The highest BCUT2D eigenvalue weighted by molar-refractivity contribution is 5.93. The van der Waals surface area contributed by atoms with E-state index in [0.717, 1.165) is 25.3 Å². The van der Waals surface area contributed by atoms with Gasteiger partial charge in [-0.25, -0.2) is 4.79 Å². The molecule has 0 bridgehead atoms. The van der Waals surface area contributed by atoms with E-state index in [1.54, 1.807) is 6.92 Å². The van der Waals surface area contributed by atoms with E-state index in [1.165, 1.54) is 41.8 Å². The number of nitrogens with zero attached hydrogens (tertiary/aromatic N) is 3. The van der Waals surface area contributed by atoms with Gasteiger partial charge in [-0.15, -0.1) is 0 Å². The van der Waals surface area contributed by atoms with Crippen LogP contribution in [0.3, 0.4) is 0 Å². The topological polar surface area (TPSA) is 87.5 Å². The van der Waals surface area contributed by atoms with Gasteiger partial charge in [-0.3, -0.25) is 14.4 Å². The summed E-state index contributed by atoms with van der Waals surface area (Å²) in [6, 6.07) is 8.64. The lowest BCUT2D eigenvalue weighted by atomic mass is 10.1. The maximum atomic E-state index is 12.4. The molecule has 1 unspecified atom stereocenters. The van der Waals surface area contributed by atoms with Crippen molar-refractivity contribution < 1.29 is 14.7 Å². The lowest BCUT2D eigenvalue weighted by Gasteiger charge is -2.26. The fourth-order valence-electron chi connectivity index (χ4n) is 3.10. The third-order valence-electron chi connectivity index (χ3n) is 4.68. The Kier molecular flexibility index (Phi) is 5.68. The van der Waals surface area contributed by atoms with E-state index < -0.39 is 12.0 Å². The second kappa shape index (κ2) is 8.14. The Morgan fingerprint density at radius 3 is 2.46 bits per heavy atom. The first-order valence-electron chi connectivity index (χ1n) is 8.93. The molecule has 7 heteroatoms. The largest absolute Gasteiger partial charge is 0.476 e. The Bertz CT molecular complexity index is 763. The molecule has 1 aromatic heterocycles. The van der Waals surface area contributed by atoms with Crippen molar-refractivity contribution in [3.63, 3.8) is 0 Å². The van der Waals surface area contributed by atoms with Crippen LogP contribution >= 0.6 is 0 Å². The normalized spacial score (nSPS) is 16.2. The standard InChI is InChI=1S/C19H24N4O3/c1-14(23-12-9-17(21-23)19(25)26)18(24)20-16-7-5-15(6-8-16)13-22-10-3-2-4-11-22/h5-9,12,14H,2-4,10-11,13H2,1H3,(H,20,24)(H,25,26). The number of carboxylic acids is 1. The zero-order valence-corrected chi connectivity index (χ0v) is 14.9. The predicted octanol–water partition coefficient (Wildman–Crippen LogP) is 2.77. The highest BCUT2D eigenvalue weighted by Gasteiger charge is 2.18. The van der Waals surface area contributed by atoms with Crippen molar-refractivity contribution in [3.05, 3.63) is 47.8 Å². The number of carbonyl (C=O) groups excluding carboxylic acids is 1. The van der Waals surface area contributed by atoms with Crippen LogP contribution < -0.4 is 5.32 Å². The smallest absolute Gasteiger partial charge is 0.356 e. The zero-order chi connectivity index (χ0) is 18.5. The molecule has 1 aliphatic heterocycles. The lowest BCUT2D eigenvalue weighted by molar-refractivity contribution is -0.119. The second-order valence-electron chi connectivity index (χ2n) is 6.69. The number of benzene rings is 1. The summed E-state index contributed by atoms with van der Waals surface area (Å²) >= 11 is 0. The first kappa shape index (κ1) is 18.1. The van der Waals surface area contributed by atoms with Crippen LogP contribution in [-0.2, 0) is 11.3 Å². The number of likely N-dealkylation sites (tertiary alicyclic amines) is 1. The van der Waals surface area contributed by atoms with Gasteiger partial charge in [0.15, 0.2) is 5.69 Å². The summed E-state index contributed by atoms with van der Waals surface area (Å²) in [5.41, 5.74) is 1.87. The van der Waals surface area contributed by atoms with Gasteiger partial charge >= 0.3 is 5.97 Å². The van der Waals surface area contributed by atoms with E-state index in [-0.39, 0.29) is 11.6 Å². The molecule has 1 saturated heterocycles. The number of aromatic nitrogens is 2. The summed E-state index contributed by atoms with van der Waals surface area (Å²) in [6.07, 6.45) is 5.35. The first-order chi connectivity index (χ1) is 12.5. The molecular weight excluding hydrogens is 332 g/mol. The van der Waals surface area contributed by atoms with E-state index in [2.05, 4.69) is 15.3 Å². The van der Waals surface area contributed by atoms with Crippen molar-refractivity contribution in [2.24, 2.45) is 0 Å². The van der Waals surface area contributed by atoms with Crippen LogP contribution in [0.2, 0.25) is 0 Å². The third-order valence-corrected chi connectivity index (χ3v) is 4.68. The van der Waals surface area contributed by atoms with Gasteiger partial charge < -0.3 is 10.4 Å². The number of nitrogens with one attached hydrogen (secondary N) is 1. The summed E-state index contributed by atoms with van der Waals surface area (Å²) in [5.74, 6) is -1.35. The van der Waals surface area contributed by atoms with E-state index in [1.807, 2.05) is 24.3 Å². The number of aromatic carboxylic acids is 1. The highest BCUT2D eigenvalue weighted by atomic mass is 16.4. The molecule has 138 valence electrons. The molecule has 7 nitrogen and oxygen atoms in total. The van der Waals surface area contributed by atoms with E-state index in [0.29, 0.717) is 0 Å². The Hall–Kier alpha value is -2.67. The van der Waals surface area contributed by atoms with Crippen molar-refractivity contribution in [1.29, 1.82) is 0 Å². The molecule has 0 radical (unpaired) electrons. The fourth-order valence-corrected chi connectivity index (χ4v) is 3.10. The molecule has 0 aliphatic carbocycles. The molecule has 1 fully saturated rings. The van der Waals surface area contributed by atoms with Crippen molar-refractivity contribution in [2.75, 3.05) is 18.4 Å². The Balaban J connectivity index is 1.57. The molecule has 2 aromatic rings. The Morgan fingerprint density at radius 2 is 1.85 bits per heavy atom. The van der Waals surface area contributed by atoms with Gasteiger partial charge in [0.2, 0.25) is 5.91 Å². The van der Waals surface area contributed by atoms with Gasteiger partial charge in [-0.2, -0.15) is 5.10 Å². The molecule has 26 heavy (non-hydrogen) atoms. The van der Waals surface area contributed by atoms with Crippen LogP contribution in [0.5, 0.6) is 0 Å². The number of amides is 1. The van der Waals surface area contributed by atoms with Crippen LogP contribution in [0, 0.1) is 0 Å². The van der Waals surface area contributed by atoms with Gasteiger partial charge in [0.25, 0.3) is 0 Å². The van der Waals surface area contributed by atoms with Gasteiger partial charge in [0.1, 0.15) is 6.04 Å². The molecule has 0 saturated carbocycles. The summed E-state index contributed by atoms with van der Waals surface area (Å²) in [5, 5.41) is 15.7. The maximum Gasteiger partial charge on any atom is 0.356 e. The van der Waals surface area contributed by atoms with Gasteiger partial charge in [-0.1, -0.05) is 18.6 Å². The Labute approximate surface area is 152 Å². The van der Waals surface area contributed by atoms with Crippen LogP contribution in [0.1, 0.15) is 48.3 Å².